The lowest BCUT2D eigenvalue weighted by atomic mass is 10.1. The van der Waals surface area contributed by atoms with Crippen LogP contribution in [0, 0.1) is 0 Å². The first-order valence-electron chi connectivity index (χ1n) is 10.2. The van der Waals surface area contributed by atoms with Gasteiger partial charge in [-0.1, -0.05) is 12.8 Å². The quantitative estimate of drug-likeness (QED) is 0.809. The lowest BCUT2D eigenvalue weighted by Crippen LogP contribution is -2.29. The topological polar surface area (TPSA) is 57.3 Å². The summed E-state index contributed by atoms with van der Waals surface area (Å²) in [5.41, 5.74) is 2.69. The van der Waals surface area contributed by atoms with E-state index >= 15 is 0 Å². The summed E-state index contributed by atoms with van der Waals surface area (Å²) < 4.78 is 0. The highest BCUT2D eigenvalue weighted by Crippen LogP contribution is 2.23. The molecule has 0 radical (unpaired) electrons. The van der Waals surface area contributed by atoms with Crippen LogP contribution in [0.15, 0.2) is 42.6 Å². The van der Waals surface area contributed by atoms with Gasteiger partial charge in [-0.2, -0.15) is 0 Å². The number of pyridine rings is 1. The number of hydrogen-bond donors (Lipinski definition) is 2. The van der Waals surface area contributed by atoms with Crippen LogP contribution in [-0.2, 0) is 0 Å². The molecule has 1 saturated heterocycles. The van der Waals surface area contributed by atoms with Gasteiger partial charge in [0, 0.05) is 42.3 Å². The van der Waals surface area contributed by atoms with Crippen LogP contribution in [0.4, 0.5) is 17.2 Å². The lowest BCUT2D eigenvalue weighted by molar-refractivity contribution is 0.102. The Morgan fingerprint density at radius 1 is 0.963 bits per heavy atom. The first kappa shape index (κ1) is 17.8. The van der Waals surface area contributed by atoms with Crippen LogP contribution in [0.2, 0.25) is 0 Å². The molecule has 1 aromatic heterocycles. The van der Waals surface area contributed by atoms with Crippen LogP contribution in [0.1, 0.15) is 55.3 Å². The maximum absolute atomic E-state index is 12.6. The van der Waals surface area contributed by atoms with Crippen molar-refractivity contribution in [2.24, 2.45) is 0 Å². The van der Waals surface area contributed by atoms with Gasteiger partial charge in [0.15, 0.2) is 0 Å². The number of nitrogens with one attached hydrogen (secondary N) is 2. The Kier molecular flexibility index (Phi) is 5.56. The Labute approximate surface area is 161 Å². The molecule has 5 nitrogen and oxygen atoms in total. The van der Waals surface area contributed by atoms with Crippen LogP contribution < -0.4 is 15.5 Å². The minimum absolute atomic E-state index is 0.0994. The SMILES string of the molecule is O=C(Nc1ccc(N2CCCCC2)cc1)c1ccnc(NC2CCCC2)c1. The highest BCUT2D eigenvalue weighted by atomic mass is 16.1. The Balaban J connectivity index is 1.38. The Bertz CT molecular complexity index is 762. The molecule has 2 aromatic rings. The Hall–Kier alpha value is -2.56. The molecule has 1 aliphatic carbocycles. The van der Waals surface area contributed by atoms with Crippen molar-refractivity contribution in [3.63, 3.8) is 0 Å². The van der Waals surface area contributed by atoms with Gasteiger partial charge in [0.25, 0.3) is 5.91 Å². The molecule has 5 heteroatoms. The molecule has 27 heavy (non-hydrogen) atoms. The zero-order valence-electron chi connectivity index (χ0n) is 15.8. The second-order valence-electron chi connectivity index (χ2n) is 7.60. The number of benzene rings is 1. The van der Waals surface area contributed by atoms with Crippen molar-refractivity contribution in [2.75, 3.05) is 28.6 Å². The molecule has 0 spiro atoms. The van der Waals surface area contributed by atoms with Gasteiger partial charge in [-0.3, -0.25) is 4.79 Å². The molecule has 142 valence electrons. The fraction of sp³-hybridized carbons (Fsp3) is 0.455. The third-order valence-corrected chi connectivity index (χ3v) is 5.58. The van der Waals surface area contributed by atoms with Crippen molar-refractivity contribution < 1.29 is 4.79 Å². The summed E-state index contributed by atoms with van der Waals surface area (Å²) in [5, 5.41) is 6.44. The highest BCUT2D eigenvalue weighted by Gasteiger charge is 2.16. The first-order valence-corrected chi connectivity index (χ1v) is 10.2. The van der Waals surface area contributed by atoms with E-state index < -0.39 is 0 Å². The van der Waals surface area contributed by atoms with Gasteiger partial charge in [-0.25, -0.2) is 4.98 Å². The van der Waals surface area contributed by atoms with E-state index in [0.29, 0.717) is 11.6 Å². The number of hydrogen-bond acceptors (Lipinski definition) is 4. The maximum Gasteiger partial charge on any atom is 0.255 e. The molecule has 2 N–H and O–H groups in total. The second kappa shape index (κ2) is 8.42. The number of amides is 1. The number of nitrogens with zero attached hydrogens (tertiary/aromatic N) is 2. The average Bonchev–Trinajstić information content (AvgIpc) is 3.22. The van der Waals surface area contributed by atoms with Gasteiger partial charge >= 0.3 is 0 Å². The van der Waals surface area contributed by atoms with Gasteiger partial charge < -0.3 is 15.5 Å². The summed E-state index contributed by atoms with van der Waals surface area (Å²) in [6.07, 6.45) is 10.5. The van der Waals surface area contributed by atoms with Gasteiger partial charge in [-0.15, -0.1) is 0 Å². The van der Waals surface area contributed by atoms with Crippen LogP contribution in [0.3, 0.4) is 0 Å². The van der Waals surface area contributed by atoms with Gasteiger partial charge in [0.05, 0.1) is 0 Å². The van der Waals surface area contributed by atoms with Gasteiger partial charge in [0.2, 0.25) is 0 Å². The van der Waals surface area contributed by atoms with E-state index in [4.69, 9.17) is 0 Å². The van der Waals surface area contributed by atoms with Crippen molar-refractivity contribution in [1.29, 1.82) is 0 Å². The fourth-order valence-corrected chi connectivity index (χ4v) is 4.04. The number of carbonyl (C=O) groups excluding carboxylic acids is 1. The third-order valence-electron chi connectivity index (χ3n) is 5.58. The van der Waals surface area contributed by atoms with Crippen LogP contribution in [0.5, 0.6) is 0 Å². The van der Waals surface area contributed by atoms with E-state index in [1.807, 2.05) is 18.2 Å². The minimum atomic E-state index is -0.0994. The predicted molar refractivity (Wildman–Crippen MR) is 111 cm³/mol. The normalized spacial score (nSPS) is 17.7. The van der Waals surface area contributed by atoms with E-state index in [1.54, 1.807) is 12.3 Å². The molecule has 1 amide bonds. The molecule has 0 bridgehead atoms. The summed E-state index contributed by atoms with van der Waals surface area (Å²) in [7, 11) is 0. The number of aromatic nitrogens is 1. The molecule has 2 aliphatic rings. The van der Waals surface area contributed by atoms with E-state index in [1.165, 1.54) is 50.6 Å². The Morgan fingerprint density at radius 3 is 2.44 bits per heavy atom. The summed E-state index contributed by atoms with van der Waals surface area (Å²) in [4.78, 5) is 19.4. The lowest BCUT2D eigenvalue weighted by Gasteiger charge is -2.28. The van der Waals surface area contributed by atoms with Crippen LogP contribution in [-0.4, -0.2) is 30.0 Å². The van der Waals surface area contributed by atoms with E-state index in [9.17, 15) is 4.79 Å². The molecular weight excluding hydrogens is 336 g/mol. The van der Waals surface area contributed by atoms with Crippen LogP contribution >= 0.6 is 0 Å². The summed E-state index contributed by atoms with van der Waals surface area (Å²) in [5.74, 6) is 0.688. The van der Waals surface area contributed by atoms with Gasteiger partial charge in [0.1, 0.15) is 5.82 Å². The van der Waals surface area contributed by atoms with E-state index in [-0.39, 0.29) is 5.91 Å². The molecular formula is C22H28N4O. The summed E-state index contributed by atoms with van der Waals surface area (Å²) in [6, 6.07) is 12.3. The van der Waals surface area contributed by atoms with Crippen molar-refractivity contribution in [3.8, 4) is 0 Å². The first-order chi connectivity index (χ1) is 13.3. The van der Waals surface area contributed by atoms with Gasteiger partial charge in [-0.05, 0) is 68.5 Å². The van der Waals surface area contributed by atoms with Crippen molar-refractivity contribution in [3.05, 3.63) is 48.2 Å². The largest absolute Gasteiger partial charge is 0.372 e. The fourth-order valence-electron chi connectivity index (χ4n) is 4.04. The molecule has 4 rings (SSSR count). The van der Waals surface area contributed by atoms with Crippen LogP contribution in [0.25, 0.3) is 0 Å². The number of anilines is 3. The zero-order valence-corrected chi connectivity index (χ0v) is 15.8. The standard InChI is InChI=1S/C22H28N4O/c27-22(17-12-13-23-21(16-17)24-18-6-2-3-7-18)25-19-8-10-20(11-9-19)26-14-4-1-5-15-26/h8-13,16,18H,1-7,14-15H2,(H,23,24)(H,25,27). The summed E-state index contributed by atoms with van der Waals surface area (Å²) in [6.45, 7) is 2.25. The number of rotatable bonds is 5. The van der Waals surface area contributed by atoms with E-state index in [0.717, 1.165) is 24.6 Å². The highest BCUT2D eigenvalue weighted by molar-refractivity contribution is 6.04. The van der Waals surface area contributed by atoms with E-state index in [2.05, 4.69) is 32.7 Å². The van der Waals surface area contributed by atoms with Crippen molar-refractivity contribution >= 4 is 23.1 Å². The second-order valence-corrected chi connectivity index (χ2v) is 7.60. The van der Waals surface area contributed by atoms with Crippen molar-refractivity contribution in [2.45, 2.75) is 51.0 Å². The molecule has 1 aliphatic heterocycles. The summed E-state index contributed by atoms with van der Waals surface area (Å²) >= 11 is 0. The maximum atomic E-state index is 12.6. The Morgan fingerprint density at radius 2 is 1.70 bits per heavy atom. The van der Waals surface area contributed by atoms with Crippen molar-refractivity contribution in [1.82, 2.24) is 4.98 Å². The third kappa shape index (κ3) is 4.59. The molecule has 2 fully saturated rings. The molecule has 0 atom stereocenters. The molecule has 0 unspecified atom stereocenters. The smallest absolute Gasteiger partial charge is 0.255 e. The predicted octanol–water partition coefficient (Wildman–Crippen LogP) is 4.68. The zero-order chi connectivity index (χ0) is 18.5. The number of carbonyl (C=O) groups is 1. The molecule has 2 heterocycles. The molecule has 1 aromatic carbocycles. The minimum Gasteiger partial charge on any atom is -0.372 e. The average molecular weight is 364 g/mol. The number of piperidine rings is 1. The molecule has 1 saturated carbocycles. The monoisotopic (exact) mass is 364 g/mol.